The number of carbonyl (C=O) groups excluding carboxylic acids is 1. The monoisotopic (exact) mass is 357 g/mol. The van der Waals surface area contributed by atoms with Crippen molar-refractivity contribution in [2.45, 2.75) is 116 Å². The number of carbonyl (C=O) groups is 1. The molecule has 0 aromatic heterocycles. The second-order valence-corrected chi connectivity index (χ2v) is 7.34. The highest BCUT2D eigenvalue weighted by molar-refractivity contribution is 5.75. The van der Waals surface area contributed by atoms with Crippen molar-refractivity contribution in [1.82, 2.24) is 5.32 Å². The van der Waals surface area contributed by atoms with Gasteiger partial charge >= 0.3 is 0 Å². The van der Waals surface area contributed by atoms with Crippen molar-refractivity contribution >= 4 is 5.91 Å². The van der Waals surface area contributed by atoms with Gasteiger partial charge in [0, 0.05) is 13.0 Å². The predicted octanol–water partition coefficient (Wildman–Crippen LogP) is 4.72. The minimum Gasteiger partial charge on any atom is -0.394 e. The summed E-state index contributed by atoms with van der Waals surface area (Å²) in [5, 5.41) is 20.4. The van der Waals surface area contributed by atoms with E-state index in [1.165, 1.54) is 83.5 Å². The van der Waals surface area contributed by atoms with E-state index in [0.717, 1.165) is 12.8 Å². The Bertz CT molecular complexity index is 284. The highest BCUT2D eigenvalue weighted by Gasteiger charge is 2.05. The van der Waals surface area contributed by atoms with Gasteiger partial charge in [-0.15, -0.1) is 0 Å². The van der Waals surface area contributed by atoms with E-state index in [-0.39, 0.29) is 19.1 Å². The third-order valence-electron chi connectivity index (χ3n) is 4.75. The number of nitrogens with one attached hydrogen (secondary N) is 1. The van der Waals surface area contributed by atoms with Crippen LogP contribution < -0.4 is 5.32 Å². The maximum atomic E-state index is 11.5. The molecular weight excluding hydrogens is 314 g/mol. The topological polar surface area (TPSA) is 69.6 Å². The maximum absolute atomic E-state index is 11.5. The molecular formula is C21H43NO3. The Balaban J connectivity index is 3.12. The Morgan fingerprint density at radius 1 is 0.760 bits per heavy atom. The largest absolute Gasteiger partial charge is 0.394 e. The molecule has 150 valence electrons. The van der Waals surface area contributed by atoms with E-state index in [2.05, 4.69) is 12.2 Å². The molecule has 3 N–H and O–H groups in total. The lowest BCUT2D eigenvalue weighted by Gasteiger charge is -2.08. The average molecular weight is 358 g/mol. The fraction of sp³-hybridized carbons (Fsp3) is 0.952. The van der Waals surface area contributed by atoms with Crippen molar-refractivity contribution in [2.75, 3.05) is 13.2 Å². The predicted molar refractivity (Wildman–Crippen MR) is 106 cm³/mol. The first kappa shape index (κ1) is 24.4. The first-order chi connectivity index (χ1) is 12.2. The molecule has 0 saturated heterocycles. The molecule has 0 aliphatic carbocycles. The molecule has 1 amide bonds. The first-order valence-electron chi connectivity index (χ1n) is 10.8. The van der Waals surface area contributed by atoms with E-state index in [4.69, 9.17) is 10.2 Å². The zero-order chi connectivity index (χ0) is 18.6. The summed E-state index contributed by atoms with van der Waals surface area (Å²) < 4.78 is 0. The lowest BCUT2D eigenvalue weighted by Crippen LogP contribution is -2.33. The standard InChI is InChI=1S/C21H43NO3/c1-2-3-4-5-6-7-8-9-10-11-12-13-14-15-16-17-21(25)22-18-20(24)19-23/h20,23-24H,2-19H2,1H3,(H,22,25)/t20-/m0/s1. The maximum Gasteiger partial charge on any atom is 0.220 e. The van der Waals surface area contributed by atoms with E-state index < -0.39 is 6.10 Å². The number of hydrogen-bond acceptors (Lipinski definition) is 3. The van der Waals surface area contributed by atoms with Gasteiger partial charge in [-0.05, 0) is 6.42 Å². The zero-order valence-corrected chi connectivity index (χ0v) is 16.6. The lowest BCUT2D eigenvalue weighted by atomic mass is 10.0. The van der Waals surface area contributed by atoms with Gasteiger partial charge in [0.05, 0.1) is 12.7 Å². The van der Waals surface area contributed by atoms with Gasteiger partial charge in [-0.1, -0.05) is 96.8 Å². The van der Waals surface area contributed by atoms with Crippen LogP contribution in [0.15, 0.2) is 0 Å². The summed E-state index contributed by atoms with van der Waals surface area (Å²) in [6.45, 7) is 2.11. The molecule has 0 heterocycles. The third kappa shape index (κ3) is 19.6. The molecule has 0 unspecified atom stereocenters. The zero-order valence-electron chi connectivity index (χ0n) is 16.6. The van der Waals surface area contributed by atoms with Crippen LogP contribution in [0, 0.1) is 0 Å². The molecule has 0 saturated carbocycles. The van der Waals surface area contributed by atoms with Crippen LogP contribution >= 0.6 is 0 Å². The number of hydrogen-bond donors (Lipinski definition) is 3. The molecule has 0 spiro atoms. The second-order valence-electron chi connectivity index (χ2n) is 7.34. The van der Waals surface area contributed by atoms with Crippen LogP contribution in [-0.4, -0.2) is 35.4 Å². The van der Waals surface area contributed by atoms with Crippen LogP contribution in [0.25, 0.3) is 0 Å². The molecule has 0 aliphatic heterocycles. The molecule has 0 rings (SSSR count). The van der Waals surface area contributed by atoms with E-state index in [1.807, 2.05) is 0 Å². The van der Waals surface area contributed by atoms with Gasteiger partial charge < -0.3 is 15.5 Å². The van der Waals surface area contributed by atoms with Crippen LogP contribution in [0.2, 0.25) is 0 Å². The molecule has 0 radical (unpaired) electrons. The fourth-order valence-electron chi connectivity index (χ4n) is 3.04. The quantitative estimate of drug-likeness (QED) is 0.293. The van der Waals surface area contributed by atoms with Crippen LogP contribution in [0.3, 0.4) is 0 Å². The van der Waals surface area contributed by atoms with E-state index in [1.54, 1.807) is 0 Å². The normalized spacial score (nSPS) is 12.3. The summed E-state index contributed by atoms with van der Waals surface area (Å²) in [7, 11) is 0. The van der Waals surface area contributed by atoms with Gasteiger partial charge in [0.2, 0.25) is 5.91 Å². The summed E-state index contributed by atoms with van der Waals surface area (Å²) >= 11 is 0. The number of rotatable bonds is 19. The summed E-state index contributed by atoms with van der Waals surface area (Å²) in [5.74, 6) is -0.0257. The number of aliphatic hydroxyl groups is 2. The van der Waals surface area contributed by atoms with Gasteiger partial charge in [-0.25, -0.2) is 0 Å². The van der Waals surface area contributed by atoms with Crippen LogP contribution in [0.1, 0.15) is 110 Å². The Morgan fingerprint density at radius 3 is 1.56 bits per heavy atom. The molecule has 0 fully saturated rings. The summed E-state index contributed by atoms with van der Waals surface area (Å²) in [6.07, 6.45) is 19.5. The number of amides is 1. The lowest BCUT2D eigenvalue weighted by molar-refractivity contribution is -0.121. The van der Waals surface area contributed by atoms with Crippen molar-refractivity contribution in [1.29, 1.82) is 0 Å². The van der Waals surface area contributed by atoms with Crippen LogP contribution in [0.5, 0.6) is 0 Å². The van der Waals surface area contributed by atoms with Crippen LogP contribution in [0.4, 0.5) is 0 Å². The molecule has 0 bridgehead atoms. The van der Waals surface area contributed by atoms with Gasteiger partial charge in [-0.3, -0.25) is 4.79 Å². The summed E-state index contributed by atoms with van der Waals surface area (Å²) in [4.78, 5) is 11.5. The van der Waals surface area contributed by atoms with Crippen molar-refractivity contribution in [3.63, 3.8) is 0 Å². The van der Waals surface area contributed by atoms with Crippen molar-refractivity contribution in [3.05, 3.63) is 0 Å². The van der Waals surface area contributed by atoms with E-state index >= 15 is 0 Å². The van der Waals surface area contributed by atoms with E-state index in [9.17, 15) is 4.79 Å². The third-order valence-corrected chi connectivity index (χ3v) is 4.75. The molecule has 0 aromatic rings. The smallest absolute Gasteiger partial charge is 0.220 e. The van der Waals surface area contributed by atoms with Crippen LogP contribution in [-0.2, 0) is 4.79 Å². The molecule has 25 heavy (non-hydrogen) atoms. The highest BCUT2D eigenvalue weighted by atomic mass is 16.3. The van der Waals surface area contributed by atoms with Crippen molar-refractivity contribution in [3.8, 4) is 0 Å². The summed E-state index contributed by atoms with van der Waals surface area (Å²) in [5.41, 5.74) is 0. The Morgan fingerprint density at radius 2 is 1.16 bits per heavy atom. The minimum atomic E-state index is -0.843. The fourth-order valence-corrected chi connectivity index (χ4v) is 3.04. The average Bonchev–Trinajstić information content (AvgIpc) is 2.62. The summed E-state index contributed by atoms with van der Waals surface area (Å²) in [6, 6.07) is 0. The van der Waals surface area contributed by atoms with Gasteiger partial charge in [-0.2, -0.15) is 0 Å². The molecule has 0 aromatic carbocycles. The molecule has 0 aliphatic rings. The SMILES string of the molecule is CCCCCCCCCCCCCCCCCC(=O)NC[C@H](O)CO. The van der Waals surface area contributed by atoms with Crippen molar-refractivity contribution in [2.24, 2.45) is 0 Å². The minimum absolute atomic E-state index is 0.0257. The van der Waals surface area contributed by atoms with Gasteiger partial charge in [0.25, 0.3) is 0 Å². The second kappa shape index (κ2) is 19.7. The molecule has 4 heteroatoms. The molecule has 1 atom stereocenters. The van der Waals surface area contributed by atoms with Gasteiger partial charge in [0.1, 0.15) is 0 Å². The highest BCUT2D eigenvalue weighted by Crippen LogP contribution is 2.13. The number of aliphatic hydroxyl groups excluding tert-OH is 2. The number of unbranched alkanes of at least 4 members (excludes halogenated alkanes) is 14. The Kier molecular flexibility index (Phi) is 19.2. The molecule has 4 nitrogen and oxygen atoms in total. The first-order valence-corrected chi connectivity index (χ1v) is 10.8. The Hall–Kier alpha value is -0.610. The Labute approximate surface area is 155 Å². The van der Waals surface area contributed by atoms with E-state index in [0.29, 0.717) is 6.42 Å². The van der Waals surface area contributed by atoms with Crippen molar-refractivity contribution < 1.29 is 15.0 Å². The van der Waals surface area contributed by atoms with Gasteiger partial charge in [0.15, 0.2) is 0 Å².